The van der Waals surface area contributed by atoms with Gasteiger partial charge in [0.2, 0.25) is 0 Å². The van der Waals surface area contributed by atoms with Crippen molar-refractivity contribution in [1.29, 1.82) is 0 Å². The maximum Gasteiger partial charge on any atom is 0.309 e. The first-order valence-electron chi connectivity index (χ1n) is 7.82. The average molecular weight is 291 g/mol. The quantitative estimate of drug-likeness (QED) is 0.678. The Bertz CT molecular complexity index is 426. The number of hydrogen-bond donors (Lipinski definition) is 2. The second-order valence-electron chi connectivity index (χ2n) is 6.88. The van der Waals surface area contributed by atoms with E-state index in [4.69, 9.17) is 5.11 Å². The number of carbonyl (C=O) groups is 1. The molecule has 0 aliphatic rings. The Balaban J connectivity index is 2.50. The fourth-order valence-electron chi connectivity index (χ4n) is 2.42. The minimum atomic E-state index is -0.730. The molecule has 1 aromatic rings. The topological polar surface area (TPSA) is 49.3 Å². The van der Waals surface area contributed by atoms with Crippen LogP contribution in [0.1, 0.15) is 52.0 Å². The Labute approximate surface area is 128 Å². The van der Waals surface area contributed by atoms with Crippen molar-refractivity contribution in [2.75, 3.05) is 13.1 Å². The van der Waals surface area contributed by atoms with Crippen molar-refractivity contribution in [2.45, 2.75) is 46.5 Å². The summed E-state index contributed by atoms with van der Waals surface area (Å²) >= 11 is 0. The second kappa shape index (κ2) is 8.18. The summed E-state index contributed by atoms with van der Waals surface area (Å²) in [6.07, 6.45) is 1.78. The average Bonchev–Trinajstić information content (AvgIpc) is 2.42. The Morgan fingerprint density at radius 2 is 1.86 bits per heavy atom. The summed E-state index contributed by atoms with van der Waals surface area (Å²) < 4.78 is 0. The first-order chi connectivity index (χ1) is 9.83. The molecular formula is C18H29NO2. The van der Waals surface area contributed by atoms with E-state index in [0.29, 0.717) is 18.3 Å². The van der Waals surface area contributed by atoms with E-state index in [0.717, 1.165) is 19.5 Å². The van der Waals surface area contributed by atoms with Gasteiger partial charge in [0.25, 0.3) is 0 Å². The summed E-state index contributed by atoms with van der Waals surface area (Å²) in [7, 11) is 0. The third-order valence-corrected chi connectivity index (χ3v) is 3.92. The standard InChI is InChI=1S/C18H29NO2/c1-14(2)12-16(15-8-6-5-7-9-15)13-19-11-10-18(3,4)17(20)21/h5-9,14,16,19H,10-13H2,1-4H3,(H,20,21). The van der Waals surface area contributed by atoms with E-state index in [1.807, 2.05) is 6.07 Å². The predicted molar refractivity (Wildman–Crippen MR) is 87.5 cm³/mol. The third-order valence-electron chi connectivity index (χ3n) is 3.92. The molecule has 0 saturated carbocycles. The molecular weight excluding hydrogens is 262 g/mol. The molecule has 0 heterocycles. The van der Waals surface area contributed by atoms with Crippen LogP contribution >= 0.6 is 0 Å². The minimum Gasteiger partial charge on any atom is -0.481 e. The van der Waals surface area contributed by atoms with E-state index in [-0.39, 0.29) is 0 Å². The van der Waals surface area contributed by atoms with Gasteiger partial charge in [-0.1, -0.05) is 44.2 Å². The van der Waals surface area contributed by atoms with Crippen LogP contribution in [-0.2, 0) is 4.79 Å². The predicted octanol–water partition coefficient (Wildman–Crippen LogP) is 3.91. The van der Waals surface area contributed by atoms with Crippen molar-refractivity contribution in [1.82, 2.24) is 5.32 Å². The first kappa shape index (κ1) is 17.7. The highest BCUT2D eigenvalue weighted by molar-refractivity contribution is 5.73. The molecule has 1 unspecified atom stereocenters. The normalized spacial score (nSPS) is 13.4. The van der Waals surface area contributed by atoms with E-state index in [9.17, 15) is 4.79 Å². The van der Waals surface area contributed by atoms with Crippen LogP contribution in [-0.4, -0.2) is 24.2 Å². The molecule has 0 radical (unpaired) electrons. The van der Waals surface area contributed by atoms with Gasteiger partial charge in [-0.2, -0.15) is 0 Å². The maximum absolute atomic E-state index is 11.1. The van der Waals surface area contributed by atoms with Crippen molar-refractivity contribution >= 4 is 5.97 Å². The summed E-state index contributed by atoms with van der Waals surface area (Å²) in [6.45, 7) is 9.67. The van der Waals surface area contributed by atoms with E-state index >= 15 is 0 Å². The van der Waals surface area contributed by atoms with Crippen LogP contribution in [0.4, 0.5) is 0 Å². The van der Waals surface area contributed by atoms with Crippen LogP contribution in [0.25, 0.3) is 0 Å². The van der Waals surface area contributed by atoms with Crippen molar-refractivity contribution in [3.63, 3.8) is 0 Å². The lowest BCUT2D eigenvalue weighted by molar-refractivity contribution is -0.147. The van der Waals surface area contributed by atoms with Crippen LogP contribution in [0.5, 0.6) is 0 Å². The fourth-order valence-corrected chi connectivity index (χ4v) is 2.42. The molecule has 0 spiro atoms. The Morgan fingerprint density at radius 3 is 2.38 bits per heavy atom. The zero-order valence-electron chi connectivity index (χ0n) is 13.7. The van der Waals surface area contributed by atoms with Crippen molar-refractivity contribution < 1.29 is 9.90 Å². The summed E-state index contributed by atoms with van der Waals surface area (Å²) in [5.74, 6) is 0.401. The second-order valence-corrected chi connectivity index (χ2v) is 6.88. The molecule has 1 atom stereocenters. The smallest absolute Gasteiger partial charge is 0.309 e. The molecule has 0 aliphatic heterocycles. The Morgan fingerprint density at radius 1 is 1.24 bits per heavy atom. The highest BCUT2D eigenvalue weighted by Crippen LogP contribution is 2.23. The summed E-state index contributed by atoms with van der Waals surface area (Å²) in [5.41, 5.74) is 0.698. The molecule has 0 bridgehead atoms. The van der Waals surface area contributed by atoms with E-state index in [1.54, 1.807) is 13.8 Å². The highest BCUT2D eigenvalue weighted by atomic mass is 16.4. The van der Waals surface area contributed by atoms with Gasteiger partial charge in [0.1, 0.15) is 0 Å². The number of hydrogen-bond acceptors (Lipinski definition) is 2. The van der Waals surface area contributed by atoms with Crippen molar-refractivity contribution in [3.8, 4) is 0 Å². The van der Waals surface area contributed by atoms with E-state index < -0.39 is 11.4 Å². The zero-order valence-corrected chi connectivity index (χ0v) is 13.7. The molecule has 0 aliphatic carbocycles. The summed E-state index contributed by atoms with van der Waals surface area (Å²) in [5, 5.41) is 12.6. The zero-order chi connectivity index (χ0) is 15.9. The lowest BCUT2D eigenvalue weighted by Gasteiger charge is -2.22. The van der Waals surface area contributed by atoms with Crippen molar-refractivity contribution in [2.24, 2.45) is 11.3 Å². The van der Waals surface area contributed by atoms with Crippen LogP contribution in [0.3, 0.4) is 0 Å². The molecule has 3 heteroatoms. The van der Waals surface area contributed by atoms with Crippen LogP contribution < -0.4 is 5.32 Å². The SMILES string of the molecule is CC(C)CC(CNCCC(C)(C)C(=O)O)c1ccccc1. The molecule has 0 amide bonds. The Kier molecular flexibility index (Phi) is 6.90. The lowest BCUT2D eigenvalue weighted by atomic mass is 9.88. The molecule has 0 fully saturated rings. The number of aliphatic carboxylic acids is 1. The minimum absolute atomic E-state index is 0.485. The molecule has 0 saturated heterocycles. The maximum atomic E-state index is 11.1. The third kappa shape index (κ3) is 6.30. The summed E-state index contributed by atoms with van der Waals surface area (Å²) in [4.78, 5) is 11.1. The molecule has 0 aromatic heterocycles. The number of carboxylic acids is 1. The lowest BCUT2D eigenvalue weighted by Crippen LogP contribution is -2.31. The molecule has 3 nitrogen and oxygen atoms in total. The van der Waals surface area contributed by atoms with Crippen LogP contribution in [0, 0.1) is 11.3 Å². The largest absolute Gasteiger partial charge is 0.481 e. The van der Waals surface area contributed by atoms with Gasteiger partial charge in [0.05, 0.1) is 5.41 Å². The number of rotatable bonds is 9. The monoisotopic (exact) mass is 291 g/mol. The fraction of sp³-hybridized carbons (Fsp3) is 0.611. The number of carboxylic acid groups (broad SMARTS) is 1. The van der Waals surface area contributed by atoms with Gasteiger partial charge in [-0.3, -0.25) is 4.79 Å². The number of nitrogens with one attached hydrogen (secondary N) is 1. The first-order valence-corrected chi connectivity index (χ1v) is 7.82. The van der Waals surface area contributed by atoms with Gasteiger partial charge >= 0.3 is 5.97 Å². The van der Waals surface area contributed by atoms with Crippen molar-refractivity contribution in [3.05, 3.63) is 35.9 Å². The van der Waals surface area contributed by atoms with E-state index in [2.05, 4.69) is 43.4 Å². The molecule has 21 heavy (non-hydrogen) atoms. The molecule has 118 valence electrons. The van der Waals surface area contributed by atoms with Gasteiger partial charge in [0, 0.05) is 6.54 Å². The molecule has 1 aromatic carbocycles. The van der Waals surface area contributed by atoms with Gasteiger partial charge in [-0.05, 0) is 50.6 Å². The van der Waals surface area contributed by atoms with Crippen LogP contribution in [0.15, 0.2) is 30.3 Å². The van der Waals surface area contributed by atoms with Gasteiger partial charge in [-0.15, -0.1) is 0 Å². The van der Waals surface area contributed by atoms with E-state index in [1.165, 1.54) is 5.56 Å². The molecule has 2 N–H and O–H groups in total. The van der Waals surface area contributed by atoms with Gasteiger partial charge < -0.3 is 10.4 Å². The van der Waals surface area contributed by atoms with Gasteiger partial charge in [0.15, 0.2) is 0 Å². The summed E-state index contributed by atoms with van der Waals surface area (Å²) in [6, 6.07) is 10.6. The molecule has 1 rings (SSSR count). The van der Waals surface area contributed by atoms with Gasteiger partial charge in [-0.25, -0.2) is 0 Å². The Hall–Kier alpha value is -1.35. The number of benzene rings is 1. The highest BCUT2D eigenvalue weighted by Gasteiger charge is 2.26. The van der Waals surface area contributed by atoms with Crippen LogP contribution in [0.2, 0.25) is 0 Å².